The lowest BCUT2D eigenvalue weighted by Gasteiger charge is -2.32. The largest absolute Gasteiger partial charge is 0.440 e. The predicted octanol–water partition coefficient (Wildman–Crippen LogP) is 5.44. The molecule has 0 amide bonds. The average Bonchev–Trinajstić information content (AvgIpc) is 3.36. The van der Waals surface area contributed by atoms with Crippen molar-refractivity contribution >= 4 is 0 Å². The van der Waals surface area contributed by atoms with Crippen LogP contribution in [0.15, 0.2) is 52.9 Å². The van der Waals surface area contributed by atoms with Gasteiger partial charge in [-0.15, -0.1) is 0 Å². The van der Waals surface area contributed by atoms with Crippen molar-refractivity contribution in [1.29, 1.82) is 0 Å². The maximum absolute atomic E-state index is 14.5. The Balaban J connectivity index is 1.73. The van der Waals surface area contributed by atoms with Crippen LogP contribution in [-0.2, 0) is 6.42 Å². The van der Waals surface area contributed by atoms with E-state index in [4.69, 9.17) is 4.42 Å². The number of alkyl halides is 1. The molecule has 2 heterocycles. The van der Waals surface area contributed by atoms with E-state index >= 15 is 0 Å². The van der Waals surface area contributed by atoms with E-state index < -0.39 is 17.8 Å². The summed E-state index contributed by atoms with van der Waals surface area (Å²) in [6.45, 7) is 7.63. The van der Waals surface area contributed by atoms with Crippen LogP contribution in [-0.4, -0.2) is 30.8 Å². The molecule has 7 heteroatoms. The van der Waals surface area contributed by atoms with E-state index in [0.29, 0.717) is 37.5 Å². The number of nitrogens with zero attached hydrogens (tertiary/aromatic N) is 1. The molecule has 3 unspecified atom stereocenters. The van der Waals surface area contributed by atoms with Crippen molar-refractivity contribution in [2.75, 3.05) is 19.6 Å². The van der Waals surface area contributed by atoms with Crippen molar-refractivity contribution in [3.63, 3.8) is 0 Å². The number of aromatic nitrogens is 1. The molecule has 0 bridgehead atoms. The van der Waals surface area contributed by atoms with Gasteiger partial charge in [-0.25, -0.2) is 18.2 Å². The van der Waals surface area contributed by atoms with Gasteiger partial charge < -0.3 is 15.1 Å². The quantitative estimate of drug-likeness (QED) is 0.496. The summed E-state index contributed by atoms with van der Waals surface area (Å²) in [4.78, 5) is 4.66. The second-order valence-electron chi connectivity index (χ2n) is 9.76. The van der Waals surface area contributed by atoms with E-state index in [1.54, 1.807) is 0 Å². The minimum atomic E-state index is -0.906. The lowest BCUT2D eigenvalue weighted by Crippen LogP contribution is -2.38. The van der Waals surface area contributed by atoms with Gasteiger partial charge in [0.2, 0.25) is 5.89 Å². The van der Waals surface area contributed by atoms with Crippen LogP contribution >= 0.6 is 0 Å². The molecule has 33 heavy (non-hydrogen) atoms. The Kier molecular flexibility index (Phi) is 6.91. The van der Waals surface area contributed by atoms with Crippen LogP contribution in [0.4, 0.5) is 13.2 Å². The molecule has 2 N–H and O–H groups in total. The molecule has 176 valence electrons. The number of hydrogen-bond acceptors (Lipinski definition) is 4. The molecular weight excluding hydrogens is 427 g/mol. The van der Waals surface area contributed by atoms with Gasteiger partial charge in [0.1, 0.15) is 29.3 Å². The van der Waals surface area contributed by atoms with Crippen LogP contribution in [0.2, 0.25) is 0 Å². The number of hydrogen-bond donors (Lipinski definition) is 2. The summed E-state index contributed by atoms with van der Waals surface area (Å²) in [5.41, 5.74) is 1.33. The predicted molar refractivity (Wildman–Crippen MR) is 123 cm³/mol. The summed E-state index contributed by atoms with van der Waals surface area (Å²) in [5, 5.41) is 6.57. The number of nitrogens with one attached hydrogen (secondary N) is 2. The number of rotatable bonds is 7. The van der Waals surface area contributed by atoms with Gasteiger partial charge in [-0.1, -0.05) is 51.1 Å². The highest BCUT2D eigenvalue weighted by molar-refractivity contribution is 5.55. The Morgan fingerprint density at radius 1 is 1.12 bits per heavy atom. The zero-order valence-corrected chi connectivity index (χ0v) is 19.2. The average molecular weight is 458 g/mol. The van der Waals surface area contributed by atoms with Gasteiger partial charge in [0.05, 0.1) is 11.6 Å². The maximum atomic E-state index is 14.5. The molecule has 0 aliphatic carbocycles. The lowest BCUT2D eigenvalue weighted by molar-refractivity contribution is 0.224. The van der Waals surface area contributed by atoms with Gasteiger partial charge in [0, 0.05) is 32.0 Å². The highest BCUT2D eigenvalue weighted by Gasteiger charge is 2.35. The molecule has 3 atom stereocenters. The molecule has 0 spiro atoms. The number of benzene rings is 2. The van der Waals surface area contributed by atoms with Crippen molar-refractivity contribution in [3.8, 4) is 11.5 Å². The van der Waals surface area contributed by atoms with E-state index in [-0.39, 0.29) is 28.8 Å². The number of oxazole rings is 1. The van der Waals surface area contributed by atoms with Crippen LogP contribution < -0.4 is 10.6 Å². The molecule has 4 rings (SSSR count). The third-order valence-electron chi connectivity index (χ3n) is 6.07. The lowest BCUT2D eigenvalue weighted by atomic mass is 9.83. The minimum Gasteiger partial charge on any atom is -0.440 e. The second-order valence-corrected chi connectivity index (χ2v) is 9.76. The van der Waals surface area contributed by atoms with E-state index in [1.165, 1.54) is 0 Å². The Bertz CT molecular complexity index is 1080. The molecule has 1 saturated heterocycles. The standard InChI is InChI=1S/C26H30F3N3O/c1-26(2,3)24(31-14-17-13-30-15-21(17)29)23-22(11-16-7-5-4-6-8-16)33-25(32-23)19-12-18(27)9-10-20(19)28/h4-10,12,17,21,24,30-31H,11,13-15H2,1-3H3. The Morgan fingerprint density at radius 3 is 2.55 bits per heavy atom. The molecule has 0 radical (unpaired) electrons. The fraction of sp³-hybridized carbons (Fsp3) is 0.423. The second kappa shape index (κ2) is 9.69. The first-order chi connectivity index (χ1) is 15.7. The minimum absolute atomic E-state index is 0.0213. The van der Waals surface area contributed by atoms with Gasteiger partial charge in [0.25, 0.3) is 0 Å². The fourth-order valence-corrected chi connectivity index (χ4v) is 4.26. The molecule has 2 aromatic carbocycles. The van der Waals surface area contributed by atoms with E-state index in [1.807, 2.05) is 30.3 Å². The topological polar surface area (TPSA) is 50.1 Å². The van der Waals surface area contributed by atoms with E-state index in [2.05, 4.69) is 36.4 Å². The first-order valence-electron chi connectivity index (χ1n) is 11.3. The van der Waals surface area contributed by atoms with Crippen LogP contribution in [0.25, 0.3) is 11.5 Å². The van der Waals surface area contributed by atoms with Crippen molar-refractivity contribution in [2.24, 2.45) is 11.3 Å². The monoisotopic (exact) mass is 457 g/mol. The summed E-state index contributed by atoms with van der Waals surface area (Å²) in [7, 11) is 0. The zero-order valence-electron chi connectivity index (χ0n) is 19.2. The Hall–Kier alpha value is -2.64. The Labute approximate surface area is 192 Å². The molecule has 1 aliphatic heterocycles. The molecule has 1 aromatic heterocycles. The fourth-order valence-electron chi connectivity index (χ4n) is 4.26. The smallest absolute Gasteiger partial charge is 0.229 e. The van der Waals surface area contributed by atoms with E-state index in [9.17, 15) is 13.2 Å². The number of halogens is 3. The normalized spacial score (nSPS) is 19.7. The summed E-state index contributed by atoms with van der Waals surface area (Å²) in [5.74, 6) is -0.694. The summed E-state index contributed by atoms with van der Waals surface area (Å²) in [6.07, 6.45) is -0.457. The zero-order chi connectivity index (χ0) is 23.6. The third-order valence-corrected chi connectivity index (χ3v) is 6.07. The molecule has 1 fully saturated rings. The van der Waals surface area contributed by atoms with Crippen LogP contribution in [0, 0.1) is 23.0 Å². The molecule has 3 aromatic rings. The highest BCUT2D eigenvalue weighted by Crippen LogP contribution is 2.37. The summed E-state index contributed by atoms with van der Waals surface area (Å²) in [6, 6.07) is 12.7. The van der Waals surface area contributed by atoms with E-state index in [0.717, 1.165) is 23.8 Å². The summed E-state index contributed by atoms with van der Waals surface area (Å²) < 4.78 is 48.7. The first kappa shape index (κ1) is 23.5. The van der Waals surface area contributed by atoms with Crippen molar-refractivity contribution < 1.29 is 17.6 Å². The Morgan fingerprint density at radius 2 is 1.88 bits per heavy atom. The van der Waals surface area contributed by atoms with Crippen LogP contribution in [0.1, 0.15) is 43.8 Å². The van der Waals surface area contributed by atoms with Gasteiger partial charge in [-0.05, 0) is 29.2 Å². The molecular formula is C26H30F3N3O. The van der Waals surface area contributed by atoms with Gasteiger partial charge in [-0.2, -0.15) is 0 Å². The highest BCUT2D eigenvalue weighted by atomic mass is 19.1. The van der Waals surface area contributed by atoms with Gasteiger partial charge in [0.15, 0.2) is 0 Å². The van der Waals surface area contributed by atoms with Crippen molar-refractivity contribution in [3.05, 3.63) is 77.2 Å². The van der Waals surface area contributed by atoms with Crippen LogP contribution in [0.3, 0.4) is 0 Å². The first-order valence-corrected chi connectivity index (χ1v) is 11.3. The third kappa shape index (κ3) is 5.47. The van der Waals surface area contributed by atoms with Crippen molar-refractivity contribution in [1.82, 2.24) is 15.6 Å². The van der Waals surface area contributed by atoms with Gasteiger partial charge in [-0.3, -0.25) is 0 Å². The summed E-state index contributed by atoms with van der Waals surface area (Å²) >= 11 is 0. The molecule has 0 saturated carbocycles. The van der Waals surface area contributed by atoms with Crippen molar-refractivity contribution in [2.45, 2.75) is 39.4 Å². The molecule has 1 aliphatic rings. The van der Waals surface area contributed by atoms with Gasteiger partial charge >= 0.3 is 0 Å². The van der Waals surface area contributed by atoms with Crippen LogP contribution in [0.5, 0.6) is 0 Å². The maximum Gasteiger partial charge on any atom is 0.229 e. The molecule has 4 nitrogen and oxygen atoms in total. The SMILES string of the molecule is CC(C)(C)C(NCC1CNCC1F)c1nc(-c2cc(F)ccc2F)oc1Cc1ccccc1.